The number of nitrogens with zero attached hydrogens (tertiary/aromatic N) is 2. The van der Waals surface area contributed by atoms with E-state index in [-0.39, 0.29) is 0 Å². The molecule has 16 heavy (non-hydrogen) atoms. The van der Waals surface area contributed by atoms with Crippen LogP contribution in [-0.2, 0) is 17.7 Å². The number of methoxy groups -OCH3 is 1. The summed E-state index contributed by atoms with van der Waals surface area (Å²) in [5, 5.41) is 7.63. The normalized spacial score (nSPS) is 17.5. The lowest BCUT2D eigenvalue weighted by atomic mass is 10.0. The minimum absolute atomic E-state index is 0.488. The molecule has 1 aromatic heterocycles. The van der Waals surface area contributed by atoms with E-state index in [1.54, 1.807) is 7.11 Å². The first-order chi connectivity index (χ1) is 7.72. The van der Waals surface area contributed by atoms with Gasteiger partial charge in [-0.1, -0.05) is 13.8 Å². The molecule has 0 bridgehead atoms. The van der Waals surface area contributed by atoms with E-state index in [0.717, 1.165) is 19.5 Å². The van der Waals surface area contributed by atoms with E-state index in [9.17, 15) is 0 Å². The summed E-state index contributed by atoms with van der Waals surface area (Å²) in [6.07, 6.45) is 2.28. The van der Waals surface area contributed by atoms with Crippen molar-refractivity contribution in [2.45, 2.75) is 39.2 Å². The number of ether oxygens (including phenoxy) is 1. The number of aromatic nitrogens is 2. The molecule has 0 unspecified atom stereocenters. The van der Waals surface area contributed by atoms with Crippen LogP contribution in [0.1, 0.15) is 43.1 Å². The second-order valence-electron chi connectivity index (χ2n) is 4.79. The molecule has 0 aromatic carbocycles. The number of aromatic amines is 1. The smallest absolute Gasteiger partial charge is 0.0989 e. The number of rotatable bonds is 3. The van der Waals surface area contributed by atoms with Crippen LogP contribution in [0.5, 0.6) is 0 Å². The van der Waals surface area contributed by atoms with Crippen LogP contribution < -0.4 is 0 Å². The van der Waals surface area contributed by atoms with Crippen molar-refractivity contribution in [2.24, 2.45) is 0 Å². The molecule has 0 spiro atoms. The Bertz CT molecular complexity index is 346. The molecule has 0 amide bonds. The highest BCUT2D eigenvalue weighted by atomic mass is 16.5. The molecule has 1 aliphatic heterocycles. The van der Waals surface area contributed by atoms with Gasteiger partial charge < -0.3 is 4.74 Å². The molecular weight excluding hydrogens is 202 g/mol. The lowest BCUT2D eigenvalue weighted by Gasteiger charge is -2.19. The molecule has 0 saturated carbocycles. The summed E-state index contributed by atoms with van der Waals surface area (Å²) in [6, 6.07) is 0. The van der Waals surface area contributed by atoms with Gasteiger partial charge in [-0.25, -0.2) is 0 Å². The zero-order valence-electron chi connectivity index (χ0n) is 10.4. The molecule has 90 valence electrons. The van der Waals surface area contributed by atoms with Gasteiger partial charge in [0.25, 0.3) is 0 Å². The number of hydrogen-bond donors (Lipinski definition) is 1. The molecule has 2 rings (SSSR count). The maximum Gasteiger partial charge on any atom is 0.0989 e. The van der Waals surface area contributed by atoms with E-state index in [4.69, 9.17) is 4.74 Å². The van der Waals surface area contributed by atoms with Crippen LogP contribution in [0.4, 0.5) is 0 Å². The Morgan fingerprint density at radius 3 is 3.00 bits per heavy atom. The van der Waals surface area contributed by atoms with Crippen molar-refractivity contribution in [1.82, 2.24) is 15.1 Å². The first-order valence-corrected chi connectivity index (χ1v) is 5.99. The van der Waals surface area contributed by atoms with Crippen molar-refractivity contribution in [2.75, 3.05) is 20.4 Å². The Morgan fingerprint density at radius 1 is 1.50 bits per heavy atom. The average Bonchev–Trinajstić information content (AvgIpc) is 2.52. The van der Waals surface area contributed by atoms with Gasteiger partial charge in [-0.2, -0.15) is 5.10 Å². The second kappa shape index (κ2) is 4.97. The third kappa shape index (κ3) is 2.28. The topological polar surface area (TPSA) is 41.1 Å². The van der Waals surface area contributed by atoms with Crippen molar-refractivity contribution in [3.8, 4) is 0 Å². The van der Waals surface area contributed by atoms with Crippen LogP contribution in [-0.4, -0.2) is 35.5 Å². The molecule has 0 radical (unpaired) electrons. The quantitative estimate of drug-likeness (QED) is 0.850. The van der Waals surface area contributed by atoms with E-state index < -0.39 is 0 Å². The number of nitrogens with one attached hydrogen (secondary N) is 1. The Hall–Kier alpha value is -0.870. The van der Waals surface area contributed by atoms with Crippen molar-refractivity contribution >= 4 is 0 Å². The lowest BCUT2D eigenvalue weighted by Crippen LogP contribution is -2.25. The predicted octanol–water partition coefficient (Wildman–Crippen LogP) is 1.89. The Balaban J connectivity index is 2.22. The zero-order valence-corrected chi connectivity index (χ0v) is 10.4. The van der Waals surface area contributed by atoms with E-state index in [1.807, 2.05) is 0 Å². The van der Waals surface area contributed by atoms with Crippen LogP contribution in [0.2, 0.25) is 0 Å². The number of H-pyrrole nitrogens is 1. The highest BCUT2D eigenvalue weighted by molar-refractivity contribution is 5.28. The van der Waals surface area contributed by atoms with Gasteiger partial charge in [0.2, 0.25) is 0 Å². The van der Waals surface area contributed by atoms with E-state index >= 15 is 0 Å². The molecule has 0 aliphatic carbocycles. The Morgan fingerprint density at radius 2 is 2.31 bits per heavy atom. The maximum atomic E-state index is 5.22. The number of hydrogen-bond acceptors (Lipinski definition) is 3. The van der Waals surface area contributed by atoms with E-state index in [0.29, 0.717) is 12.6 Å². The fraction of sp³-hybridized carbons (Fsp3) is 0.750. The molecule has 0 atom stereocenters. The second-order valence-corrected chi connectivity index (χ2v) is 4.79. The van der Waals surface area contributed by atoms with E-state index in [1.165, 1.54) is 23.4 Å². The van der Waals surface area contributed by atoms with Gasteiger partial charge in [0.15, 0.2) is 0 Å². The first-order valence-electron chi connectivity index (χ1n) is 5.99. The van der Waals surface area contributed by atoms with E-state index in [2.05, 4.69) is 28.9 Å². The predicted molar refractivity (Wildman–Crippen MR) is 63.3 cm³/mol. The zero-order chi connectivity index (χ0) is 11.5. The molecule has 0 fully saturated rings. The summed E-state index contributed by atoms with van der Waals surface area (Å²) in [6.45, 7) is 7.17. The molecular formula is C12H21N3O. The van der Waals surface area contributed by atoms with Gasteiger partial charge in [-0.3, -0.25) is 10.00 Å². The molecule has 1 N–H and O–H groups in total. The van der Waals surface area contributed by atoms with Gasteiger partial charge in [-0.15, -0.1) is 0 Å². The summed E-state index contributed by atoms with van der Waals surface area (Å²) in [4.78, 5) is 2.34. The molecule has 4 heteroatoms. The standard InChI is InChI=1S/C12H21N3O/c1-9(2)12-10-7-15(8-16-3)6-4-5-11(10)13-14-12/h9H,4-8H2,1-3H3,(H,13,14). The van der Waals surface area contributed by atoms with Crippen molar-refractivity contribution < 1.29 is 4.74 Å². The van der Waals surface area contributed by atoms with Crippen LogP contribution in [0.25, 0.3) is 0 Å². The maximum absolute atomic E-state index is 5.22. The van der Waals surface area contributed by atoms with Gasteiger partial charge in [0, 0.05) is 31.5 Å². The SMILES string of the molecule is COCN1CCCc2[nH]nc(C(C)C)c2C1. The molecule has 2 heterocycles. The lowest BCUT2D eigenvalue weighted by molar-refractivity contribution is 0.0588. The summed E-state index contributed by atoms with van der Waals surface area (Å²) in [5.41, 5.74) is 3.94. The molecule has 0 saturated heterocycles. The fourth-order valence-electron chi connectivity index (χ4n) is 2.35. The van der Waals surface area contributed by atoms with Crippen molar-refractivity contribution in [1.29, 1.82) is 0 Å². The van der Waals surface area contributed by atoms with Gasteiger partial charge in [0.05, 0.1) is 12.4 Å². The fourth-order valence-corrected chi connectivity index (χ4v) is 2.35. The van der Waals surface area contributed by atoms with Crippen LogP contribution in [0.3, 0.4) is 0 Å². The van der Waals surface area contributed by atoms with Gasteiger partial charge in [0.1, 0.15) is 0 Å². The Labute approximate surface area is 97.0 Å². The molecule has 1 aromatic rings. The minimum atomic E-state index is 0.488. The largest absolute Gasteiger partial charge is 0.369 e. The van der Waals surface area contributed by atoms with Crippen LogP contribution in [0.15, 0.2) is 0 Å². The highest BCUT2D eigenvalue weighted by Crippen LogP contribution is 2.24. The minimum Gasteiger partial charge on any atom is -0.369 e. The molecule has 4 nitrogen and oxygen atoms in total. The van der Waals surface area contributed by atoms with Crippen LogP contribution in [0, 0.1) is 0 Å². The average molecular weight is 223 g/mol. The van der Waals surface area contributed by atoms with Crippen molar-refractivity contribution in [3.05, 3.63) is 17.0 Å². The van der Waals surface area contributed by atoms with Gasteiger partial charge >= 0.3 is 0 Å². The highest BCUT2D eigenvalue weighted by Gasteiger charge is 2.21. The molecule has 1 aliphatic rings. The summed E-state index contributed by atoms with van der Waals surface area (Å²) in [7, 11) is 1.75. The first kappa shape index (κ1) is 11.6. The Kier molecular flexibility index (Phi) is 3.61. The van der Waals surface area contributed by atoms with Crippen molar-refractivity contribution in [3.63, 3.8) is 0 Å². The summed E-state index contributed by atoms with van der Waals surface area (Å²) < 4.78 is 5.22. The summed E-state index contributed by atoms with van der Waals surface area (Å²) >= 11 is 0. The third-order valence-corrected chi connectivity index (χ3v) is 3.13. The van der Waals surface area contributed by atoms with Crippen LogP contribution >= 0.6 is 0 Å². The number of fused-ring (bicyclic) bond motifs is 1. The number of aryl methyl sites for hydroxylation is 1. The monoisotopic (exact) mass is 223 g/mol. The third-order valence-electron chi connectivity index (χ3n) is 3.13. The summed E-state index contributed by atoms with van der Waals surface area (Å²) in [5.74, 6) is 0.488. The van der Waals surface area contributed by atoms with Gasteiger partial charge in [-0.05, 0) is 18.8 Å².